The summed E-state index contributed by atoms with van der Waals surface area (Å²) >= 11 is 1.83. The molecule has 100 valence electrons. The molecule has 2 saturated heterocycles. The Balaban J connectivity index is 1.73. The van der Waals surface area contributed by atoms with Crippen molar-refractivity contribution in [2.24, 2.45) is 5.92 Å². The summed E-state index contributed by atoms with van der Waals surface area (Å²) < 4.78 is 0. The highest BCUT2D eigenvalue weighted by molar-refractivity contribution is 7.11. The Kier molecular flexibility index (Phi) is 3.43. The van der Waals surface area contributed by atoms with Crippen LogP contribution in [0.2, 0.25) is 0 Å². The van der Waals surface area contributed by atoms with Crippen LogP contribution in [-0.2, 0) is 0 Å². The standard InChI is InChI=1S/C14H23N3S/c1-9(14-10(2)18-11(3)16-14)17-7-12-5-4-6-15-13(12)8-17/h9,12-13,15H,4-8H2,1-3H3/t9?,12-,13+/m0/s1. The van der Waals surface area contributed by atoms with Gasteiger partial charge in [-0.1, -0.05) is 0 Å². The number of hydrogen-bond donors (Lipinski definition) is 1. The molecule has 3 heterocycles. The van der Waals surface area contributed by atoms with E-state index in [9.17, 15) is 0 Å². The average Bonchev–Trinajstić information content (AvgIpc) is 2.91. The third kappa shape index (κ3) is 2.22. The van der Waals surface area contributed by atoms with Gasteiger partial charge in [0, 0.05) is 24.0 Å². The Morgan fingerprint density at radius 3 is 2.89 bits per heavy atom. The van der Waals surface area contributed by atoms with Crippen molar-refractivity contribution in [3.63, 3.8) is 0 Å². The van der Waals surface area contributed by atoms with Crippen LogP contribution in [-0.4, -0.2) is 35.6 Å². The zero-order chi connectivity index (χ0) is 12.7. The first-order valence-corrected chi connectivity index (χ1v) is 7.88. The van der Waals surface area contributed by atoms with Crippen molar-refractivity contribution in [2.45, 2.75) is 45.7 Å². The largest absolute Gasteiger partial charge is 0.312 e. The van der Waals surface area contributed by atoms with E-state index in [1.807, 2.05) is 11.3 Å². The molecule has 1 unspecified atom stereocenters. The summed E-state index contributed by atoms with van der Waals surface area (Å²) in [5, 5.41) is 4.88. The molecule has 3 atom stereocenters. The van der Waals surface area contributed by atoms with Crippen molar-refractivity contribution in [1.82, 2.24) is 15.2 Å². The molecule has 3 rings (SSSR count). The van der Waals surface area contributed by atoms with Crippen LogP contribution < -0.4 is 5.32 Å². The van der Waals surface area contributed by atoms with Crippen molar-refractivity contribution in [3.8, 4) is 0 Å². The molecule has 0 spiro atoms. The van der Waals surface area contributed by atoms with Gasteiger partial charge in [0.1, 0.15) is 0 Å². The maximum atomic E-state index is 4.73. The quantitative estimate of drug-likeness (QED) is 0.890. The smallest absolute Gasteiger partial charge is 0.0900 e. The molecule has 0 aromatic carbocycles. The van der Waals surface area contributed by atoms with Crippen LogP contribution in [0.25, 0.3) is 0 Å². The lowest BCUT2D eigenvalue weighted by Gasteiger charge is -2.25. The number of likely N-dealkylation sites (tertiary alicyclic amines) is 1. The molecule has 1 N–H and O–H groups in total. The number of aromatic nitrogens is 1. The first-order chi connectivity index (χ1) is 8.65. The number of thiazole rings is 1. The van der Waals surface area contributed by atoms with Gasteiger partial charge in [-0.3, -0.25) is 4.90 Å². The topological polar surface area (TPSA) is 28.2 Å². The van der Waals surface area contributed by atoms with E-state index in [1.165, 1.54) is 48.1 Å². The molecule has 18 heavy (non-hydrogen) atoms. The molecule has 2 aliphatic heterocycles. The van der Waals surface area contributed by atoms with Gasteiger partial charge in [-0.05, 0) is 46.1 Å². The van der Waals surface area contributed by atoms with Crippen LogP contribution in [0.3, 0.4) is 0 Å². The van der Waals surface area contributed by atoms with Gasteiger partial charge in [-0.25, -0.2) is 4.98 Å². The van der Waals surface area contributed by atoms with E-state index in [2.05, 4.69) is 31.0 Å². The number of hydrogen-bond acceptors (Lipinski definition) is 4. The molecule has 1 aromatic rings. The number of rotatable bonds is 2. The summed E-state index contributed by atoms with van der Waals surface area (Å²) in [6.07, 6.45) is 2.74. The van der Waals surface area contributed by atoms with E-state index in [0.29, 0.717) is 6.04 Å². The van der Waals surface area contributed by atoms with Crippen LogP contribution in [0, 0.1) is 19.8 Å². The molecule has 3 nitrogen and oxygen atoms in total. The molecule has 0 bridgehead atoms. The van der Waals surface area contributed by atoms with Crippen LogP contribution >= 0.6 is 11.3 Å². The van der Waals surface area contributed by atoms with Gasteiger partial charge in [0.25, 0.3) is 0 Å². The summed E-state index contributed by atoms with van der Waals surface area (Å²) in [7, 11) is 0. The highest BCUT2D eigenvalue weighted by Crippen LogP contribution is 2.33. The van der Waals surface area contributed by atoms with E-state index in [1.54, 1.807) is 0 Å². The molecule has 4 heteroatoms. The predicted molar refractivity (Wildman–Crippen MR) is 76.1 cm³/mol. The summed E-state index contributed by atoms with van der Waals surface area (Å²) in [4.78, 5) is 8.74. The number of nitrogens with zero attached hydrogens (tertiary/aromatic N) is 2. The van der Waals surface area contributed by atoms with Gasteiger partial charge >= 0.3 is 0 Å². The molecule has 0 amide bonds. The Morgan fingerprint density at radius 1 is 1.39 bits per heavy atom. The van der Waals surface area contributed by atoms with Gasteiger partial charge in [-0.15, -0.1) is 11.3 Å². The fourth-order valence-electron chi connectivity index (χ4n) is 3.50. The minimum atomic E-state index is 0.474. The number of nitrogens with one attached hydrogen (secondary N) is 1. The molecule has 0 saturated carbocycles. The third-order valence-corrected chi connectivity index (χ3v) is 5.41. The maximum absolute atomic E-state index is 4.73. The van der Waals surface area contributed by atoms with Crippen molar-refractivity contribution in [3.05, 3.63) is 15.6 Å². The SMILES string of the molecule is Cc1nc(C(C)N2C[C@@H]3CCCN[C@@H]3C2)c(C)s1. The van der Waals surface area contributed by atoms with E-state index < -0.39 is 0 Å². The van der Waals surface area contributed by atoms with Crippen molar-refractivity contribution < 1.29 is 0 Å². The number of piperidine rings is 1. The molecular weight excluding hydrogens is 242 g/mol. The van der Waals surface area contributed by atoms with Gasteiger partial charge in [-0.2, -0.15) is 0 Å². The predicted octanol–water partition coefficient (Wildman–Crippen LogP) is 2.50. The summed E-state index contributed by atoms with van der Waals surface area (Å²) in [5.41, 5.74) is 1.30. The lowest BCUT2D eigenvalue weighted by atomic mass is 9.94. The summed E-state index contributed by atoms with van der Waals surface area (Å²) in [6.45, 7) is 10.3. The third-order valence-electron chi connectivity index (χ3n) is 4.51. The Hall–Kier alpha value is -0.450. The fraction of sp³-hybridized carbons (Fsp3) is 0.786. The lowest BCUT2D eigenvalue weighted by molar-refractivity contribution is 0.246. The minimum absolute atomic E-state index is 0.474. The molecule has 0 aliphatic carbocycles. The van der Waals surface area contributed by atoms with E-state index >= 15 is 0 Å². The van der Waals surface area contributed by atoms with Crippen LogP contribution in [0.5, 0.6) is 0 Å². The average molecular weight is 265 g/mol. The second kappa shape index (κ2) is 4.91. The van der Waals surface area contributed by atoms with Crippen molar-refractivity contribution in [1.29, 1.82) is 0 Å². The fourth-order valence-corrected chi connectivity index (χ4v) is 4.41. The molecular formula is C14H23N3S. The van der Waals surface area contributed by atoms with Gasteiger partial charge in [0.15, 0.2) is 0 Å². The van der Waals surface area contributed by atoms with Gasteiger partial charge in [0.2, 0.25) is 0 Å². The van der Waals surface area contributed by atoms with Crippen molar-refractivity contribution in [2.75, 3.05) is 19.6 Å². The summed E-state index contributed by atoms with van der Waals surface area (Å²) in [5.74, 6) is 0.862. The highest BCUT2D eigenvalue weighted by Gasteiger charge is 2.37. The first kappa shape index (κ1) is 12.6. The zero-order valence-corrected chi connectivity index (χ0v) is 12.4. The monoisotopic (exact) mass is 265 g/mol. The summed E-state index contributed by atoms with van der Waals surface area (Å²) in [6, 6.07) is 1.20. The number of aryl methyl sites for hydroxylation is 2. The normalized spacial score (nSPS) is 30.4. The zero-order valence-electron chi connectivity index (χ0n) is 11.6. The van der Waals surface area contributed by atoms with Gasteiger partial charge in [0.05, 0.1) is 16.7 Å². The van der Waals surface area contributed by atoms with Crippen LogP contribution in [0.1, 0.15) is 41.4 Å². The first-order valence-electron chi connectivity index (χ1n) is 7.06. The maximum Gasteiger partial charge on any atom is 0.0900 e. The minimum Gasteiger partial charge on any atom is -0.312 e. The molecule has 2 fully saturated rings. The Morgan fingerprint density at radius 2 is 2.22 bits per heavy atom. The highest BCUT2D eigenvalue weighted by atomic mass is 32.1. The second-order valence-corrected chi connectivity index (χ2v) is 7.17. The van der Waals surface area contributed by atoms with Crippen LogP contribution in [0.4, 0.5) is 0 Å². The molecule has 0 radical (unpaired) electrons. The van der Waals surface area contributed by atoms with E-state index in [4.69, 9.17) is 4.98 Å². The van der Waals surface area contributed by atoms with E-state index in [0.717, 1.165) is 12.0 Å². The Labute approximate surface area is 114 Å². The molecule has 2 aliphatic rings. The van der Waals surface area contributed by atoms with Crippen LogP contribution in [0.15, 0.2) is 0 Å². The van der Waals surface area contributed by atoms with E-state index in [-0.39, 0.29) is 0 Å². The van der Waals surface area contributed by atoms with Crippen molar-refractivity contribution >= 4 is 11.3 Å². The lowest BCUT2D eigenvalue weighted by Crippen LogP contribution is -2.40. The second-order valence-electron chi connectivity index (χ2n) is 5.77. The Bertz CT molecular complexity index is 415. The molecule has 1 aromatic heterocycles. The van der Waals surface area contributed by atoms with Gasteiger partial charge < -0.3 is 5.32 Å². The number of fused-ring (bicyclic) bond motifs is 1.